The monoisotopic (exact) mass is 336 g/mol. The lowest BCUT2D eigenvalue weighted by atomic mass is 10.0. The molecule has 3 nitrogen and oxygen atoms in total. The molecule has 0 unspecified atom stereocenters. The van der Waals surface area contributed by atoms with Gasteiger partial charge in [-0.2, -0.15) is 0 Å². The van der Waals surface area contributed by atoms with Crippen LogP contribution in [0.2, 0.25) is 0 Å². The Bertz CT molecular complexity index is 444. The number of aryl methyl sites for hydroxylation is 1. The van der Waals surface area contributed by atoms with Crippen LogP contribution in [0.3, 0.4) is 0 Å². The lowest BCUT2D eigenvalue weighted by Crippen LogP contribution is -2.36. The van der Waals surface area contributed by atoms with Crippen molar-refractivity contribution in [1.82, 2.24) is 0 Å². The van der Waals surface area contributed by atoms with Crippen LogP contribution in [0.4, 0.5) is 0 Å². The maximum atomic E-state index is 6.16. The lowest BCUT2D eigenvalue weighted by Gasteiger charge is -2.31. The van der Waals surface area contributed by atoms with Gasteiger partial charge in [0.15, 0.2) is 5.79 Å². The molecular formula is C21H36O3. The number of ether oxygens (including phenoxy) is 3. The largest absolute Gasteiger partial charge is 0.496 e. The Morgan fingerprint density at radius 1 is 0.917 bits per heavy atom. The molecule has 0 aromatic heterocycles. The van der Waals surface area contributed by atoms with Gasteiger partial charge in [0.2, 0.25) is 0 Å². The molecule has 1 rings (SSSR count). The summed E-state index contributed by atoms with van der Waals surface area (Å²) in [5.41, 5.74) is 2.37. The molecule has 0 aliphatic heterocycles. The summed E-state index contributed by atoms with van der Waals surface area (Å²) >= 11 is 0. The molecule has 0 heterocycles. The van der Waals surface area contributed by atoms with Gasteiger partial charge in [-0.15, -0.1) is 0 Å². The van der Waals surface area contributed by atoms with Crippen molar-refractivity contribution in [1.29, 1.82) is 0 Å². The van der Waals surface area contributed by atoms with Crippen LogP contribution in [0, 0.1) is 6.92 Å². The third-order valence-electron chi connectivity index (χ3n) is 4.30. The van der Waals surface area contributed by atoms with Crippen molar-refractivity contribution in [2.24, 2.45) is 0 Å². The van der Waals surface area contributed by atoms with Crippen molar-refractivity contribution in [3.8, 4) is 5.75 Å². The number of benzene rings is 1. The van der Waals surface area contributed by atoms with E-state index >= 15 is 0 Å². The molecule has 0 atom stereocenters. The van der Waals surface area contributed by atoms with Gasteiger partial charge in [0, 0.05) is 6.42 Å². The zero-order valence-electron chi connectivity index (χ0n) is 16.3. The van der Waals surface area contributed by atoms with Crippen molar-refractivity contribution in [3.05, 3.63) is 29.3 Å². The summed E-state index contributed by atoms with van der Waals surface area (Å²) in [6, 6.07) is 6.30. The van der Waals surface area contributed by atoms with E-state index in [1.807, 2.05) is 6.07 Å². The van der Waals surface area contributed by atoms with Crippen LogP contribution >= 0.6 is 0 Å². The molecule has 0 aliphatic rings. The average molecular weight is 337 g/mol. The maximum Gasteiger partial charge on any atom is 0.169 e. The summed E-state index contributed by atoms with van der Waals surface area (Å²) < 4.78 is 17.7. The Balaban J connectivity index is 2.69. The normalized spacial score (nSPS) is 11.7. The summed E-state index contributed by atoms with van der Waals surface area (Å²) in [7, 11) is 1.71. The highest BCUT2D eigenvalue weighted by Crippen LogP contribution is 2.25. The van der Waals surface area contributed by atoms with Gasteiger partial charge in [-0.25, -0.2) is 0 Å². The highest BCUT2D eigenvalue weighted by atomic mass is 16.7. The highest BCUT2D eigenvalue weighted by Gasteiger charge is 2.26. The first-order chi connectivity index (χ1) is 11.5. The molecule has 0 bridgehead atoms. The molecule has 0 saturated carbocycles. The minimum absolute atomic E-state index is 0.553. The molecule has 3 heteroatoms. The fourth-order valence-electron chi connectivity index (χ4n) is 2.85. The van der Waals surface area contributed by atoms with E-state index in [0.29, 0.717) is 0 Å². The summed E-state index contributed by atoms with van der Waals surface area (Å²) in [6.45, 7) is 10.1. The summed E-state index contributed by atoms with van der Waals surface area (Å²) in [5.74, 6) is 0.371. The highest BCUT2D eigenvalue weighted by molar-refractivity contribution is 5.36. The van der Waals surface area contributed by atoms with E-state index in [0.717, 1.165) is 43.8 Å². The zero-order chi connectivity index (χ0) is 17.8. The molecule has 0 fully saturated rings. The third kappa shape index (κ3) is 7.67. The Hall–Kier alpha value is -1.06. The molecule has 1 aromatic carbocycles. The van der Waals surface area contributed by atoms with Crippen LogP contribution in [0.15, 0.2) is 18.2 Å². The van der Waals surface area contributed by atoms with Gasteiger partial charge in [-0.3, -0.25) is 0 Å². The first kappa shape index (κ1) is 21.0. The van der Waals surface area contributed by atoms with Crippen molar-refractivity contribution in [2.75, 3.05) is 20.3 Å². The van der Waals surface area contributed by atoms with Crippen LogP contribution in [0.25, 0.3) is 0 Å². The second kappa shape index (κ2) is 11.5. The smallest absolute Gasteiger partial charge is 0.169 e. The van der Waals surface area contributed by atoms with Crippen molar-refractivity contribution in [3.63, 3.8) is 0 Å². The lowest BCUT2D eigenvalue weighted by molar-refractivity contribution is -0.225. The van der Waals surface area contributed by atoms with Crippen LogP contribution in [-0.2, 0) is 15.9 Å². The van der Waals surface area contributed by atoms with E-state index < -0.39 is 5.79 Å². The molecule has 0 N–H and O–H groups in total. The standard InChI is InChI=1S/C21H36O3/c1-6-8-10-14-23-21(4,24-15-11-9-7-2)17-19-12-13-20(22-5)18(3)16-19/h12-13,16H,6-11,14-15,17H2,1-5H3. The van der Waals surface area contributed by atoms with Gasteiger partial charge in [0.05, 0.1) is 20.3 Å². The van der Waals surface area contributed by atoms with E-state index in [9.17, 15) is 0 Å². The Kier molecular flexibility index (Phi) is 10.0. The Morgan fingerprint density at radius 3 is 1.96 bits per heavy atom. The average Bonchev–Trinajstić information content (AvgIpc) is 2.56. The van der Waals surface area contributed by atoms with Crippen LogP contribution in [0.5, 0.6) is 5.75 Å². The predicted molar refractivity (Wildman–Crippen MR) is 101 cm³/mol. The fourth-order valence-corrected chi connectivity index (χ4v) is 2.85. The van der Waals surface area contributed by atoms with Gasteiger partial charge in [-0.1, -0.05) is 51.7 Å². The number of hydrogen-bond donors (Lipinski definition) is 0. The Morgan fingerprint density at radius 2 is 1.50 bits per heavy atom. The molecule has 0 saturated heterocycles. The molecular weight excluding hydrogens is 300 g/mol. The minimum atomic E-state index is -0.553. The topological polar surface area (TPSA) is 27.7 Å². The van der Waals surface area contributed by atoms with Gasteiger partial charge >= 0.3 is 0 Å². The molecule has 24 heavy (non-hydrogen) atoms. The van der Waals surface area contributed by atoms with E-state index in [1.54, 1.807) is 7.11 Å². The predicted octanol–water partition coefficient (Wildman–Crippen LogP) is 5.68. The molecule has 0 aliphatic carbocycles. The van der Waals surface area contributed by atoms with Gasteiger partial charge < -0.3 is 14.2 Å². The number of unbranched alkanes of at least 4 members (excludes halogenated alkanes) is 4. The number of rotatable bonds is 13. The van der Waals surface area contributed by atoms with Crippen molar-refractivity contribution >= 4 is 0 Å². The van der Waals surface area contributed by atoms with E-state index in [-0.39, 0.29) is 0 Å². The first-order valence-electron chi connectivity index (χ1n) is 9.46. The van der Waals surface area contributed by atoms with Crippen LogP contribution in [0.1, 0.15) is 70.4 Å². The molecule has 0 radical (unpaired) electrons. The van der Waals surface area contributed by atoms with Crippen molar-refractivity contribution in [2.45, 2.75) is 78.4 Å². The summed E-state index contributed by atoms with van der Waals surface area (Å²) in [6.07, 6.45) is 7.75. The maximum absolute atomic E-state index is 6.16. The van der Waals surface area contributed by atoms with E-state index in [1.165, 1.54) is 31.2 Å². The minimum Gasteiger partial charge on any atom is -0.496 e. The first-order valence-corrected chi connectivity index (χ1v) is 9.46. The summed E-state index contributed by atoms with van der Waals surface area (Å²) in [5, 5.41) is 0. The third-order valence-corrected chi connectivity index (χ3v) is 4.30. The van der Waals surface area contributed by atoms with Crippen molar-refractivity contribution < 1.29 is 14.2 Å². The second-order valence-corrected chi connectivity index (χ2v) is 6.73. The molecule has 0 spiro atoms. The fraction of sp³-hybridized carbons (Fsp3) is 0.714. The quantitative estimate of drug-likeness (QED) is 0.343. The van der Waals surface area contributed by atoms with Crippen LogP contribution < -0.4 is 4.74 Å². The van der Waals surface area contributed by atoms with Crippen LogP contribution in [-0.4, -0.2) is 26.1 Å². The summed E-state index contributed by atoms with van der Waals surface area (Å²) in [4.78, 5) is 0. The SMILES string of the molecule is CCCCCOC(C)(Cc1ccc(OC)c(C)c1)OCCCCC. The van der Waals surface area contributed by atoms with Gasteiger partial charge in [-0.05, 0) is 43.9 Å². The molecule has 0 amide bonds. The van der Waals surface area contributed by atoms with Gasteiger partial charge in [0.25, 0.3) is 0 Å². The number of methoxy groups -OCH3 is 1. The zero-order valence-corrected chi connectivity index (χ0v) is 16.3. The van der Waals surface area contributed by atoms with E-state index in [2.05, 4.69) is 39.8 Å². The second-order valence-electron chi connectivity index (χ2n) is 6.73. The van der Waals surface area contributed by atoms with Gasteiger partial charge in [0.1, 0.15) is 5.75 Å². The van der Waals surface area contributed by atoms with E-state index in [4.69, 9.17) is 14.2 Å². The number of hydrogen-bond acceptors (Lipinski definition) is 3. The molecule has 138 valence electrons. The Labute approximate surface area is 148 Å². The molecule has 1 aromatic rings.